The van der Waals surface area contributed by atoms with E-state index in [0.29, 0.717) is 16.7 Å². The molecule has 2 N–H and O–H groups in total. The molecule has 17 heavy (non-hydrogen) atoms. The standard InChI is InChI=1S/C11H8N2O4/c12-5-4-6-2-1-3-7-8(6)13-10(17-7)9(14)11(15)16/h1-3,9,14H,4H2,(H,15,16). The first-order valence-electron chi connectivity index (χ1n) is 4.79. The molecule has 0 aliphatic heterocycles. The van der Waals surface area contributed by atoms with Gasteiger partial charge in [-0.3, -0.25) is 0 Å². The lowest BCUT2D eigenvalue weighted by Crippen LogP contribution is -2.10. The van der Waals surface area contributed by atoms with Crippen LogP contribution in [0.15, 0.2) is 22.6 Å². The van der Waals surface area contributed by atoms with Crippen LogP contribution in [0.3, 0.4) is 0 Å². The van der Waals surface area contributed by atoms with Crippen LogP contribution in [0.5, 0.6) is 0 Å². The average Bonchev–Trinajstić information content (AvgIpc) is 2.73. The van der Waals surface area contributed by atoms with Gasteiger partial charge in [0, 0.05) is 0 Å². The zero-order valence-electron chi connectivity index (χ0n) is 8.62. The average molecular weight is 232 g/mol. The van der Waals surface area contributed by atoms with E-state index in [1.165, 1.54) is 0 Å². The van der Waals surface area contributed by atoms with E-state index < -0.39 is 12.1 Å². The number of nitriles is 1. The lowest BCUT2D eigenvalue weighted by molar-refractivity contribution is -0.148. The molecule has 0 aliphatic carbocycles. The lowest BCUT2D eigenvalue weighted by Gasteiger charge is -1.96. The second-order valence-electron chi connectivity index (χ2n) is 3.39. The van der Waals surface area contributed by atoms with Crippen molar-refractivity contribution in [1.82, 2.24) is 4.98 Å². The number of aliphatic carboxylic acids is 1. The number of hydrogen-bond donors (Lipinski definition) is 2. The third-order valence-corrected chi connectivity index (χ3v) is 2.26. The fraction of sp³-hybridized carbons (Fsp3) is 0.182. The lowest BCUT2D eigenvalue weighted by atomic mass is 10.1. The molecule has 1 atom stereocenters. The number of aliphatic hydroxyl groups is 1. The number of nitrogens with zero attached hydrogens (tertiary/aromatic N) is 2. The first-order valence-corrected chi connectivity index (χ1v) is 4.79. The van der Waals surface area contributed by atoms with Crippen LogP contribution in [0.4, 0.5) is 0 Å². The molecule has 6 nitrogen and oxygen atoms in total. The van der Waals surface area contributed by atoms with Gasteiger partial charge in [0.1, 0.15) is 5.52 Å². The number of carboxylic acid groups (broad SMARTS) is 1. The van der Waals surface area contributed by atoms with Crippen molar-refractivity contribution < 1.29 is 19.4 Å². The van der Waals surface area contributed by atoms with Gasteiger partial charge in [0.05, 0.1) is 12.5 Å². The predicted molar refractivity (Wildman–Crippen MR) is 55.9 cm³/mol. The van der Waals surface area contributed by atoms with Crippen LogP contribution in [0.2, 0.25) is 0 Å². The van der Waals surface area contributed by atoms with Crippen LogP contribution in [-0.4, -0.2) is 21.2 Å². The Hall–Kier alpha value is -2.39. The highest BCUT2D eigenvalue weighted by Crippen LogP contribution is 2.23. The third kappa shape index (κ3) is 1.96. The van der Waals surface area contributed by atoms with Crippen molar-refractivity contribution in [3.63, 3.8) is 0 Å². The van der Waals surface area contributed by atoms with Crippen molar-refractivity contribution in [1.29, 1.82) is 5.26 Å². The summed E-state index contributed by atoms with van der Waals surface area (Å²) in [6.07, 6.45) is -1.65. The second-order valence-corrected chi connectivity index (χ2v) is 3.39. The van der Waals surface area contributed by atoms with Crippen molar-refractivity contribution >= 4 is 17.1 Å². The molecule has 2 rings (SSSR count). The zero-order chi connectivity index (χ0) is 12.4. The minimum atomic E-state index is -1.79. The Labute approximate surface area is 95.7 Å². The van der Waals surface area contributed by atoms with E-state index >= 15 is 0 Å². The molecule has 2 aromatic rings. The van der Waals surface area contributed by atoms with Crippen molar-refractivity contribution in [2.75, 3.05) is 0 Å². The van der Waals surface area contributed by atoms with Crippen LogP contribution in [-0.2, 0) is 11.2 Å². The normalized spacial score (nSPS) is 12.2. The van der Waals surface area contributed by atoms with E-state index in [4.69, 9.17) is 14.8 Å². The molecular formula is C11H8N2O4. The van der Waals surface area contributed by atoms with E-state index in [1.807, 2.05) is 6.07 Å². The molecule has 0 saturated heterocycles. The summed E-state index contributed by atoms with van der Waals surface area (Å²) in [5.41, 5.74) is 1.40. The number of fused-ring (bicyclic) bond motifs is 1. The second kappa shape index (κ2) is 4.23. The molecule has 1 unspecified atom stereocenters. The Bertz CT molecular complexity index is 611. The van der Waals surface area contributed by atoms with Gasteiger partial charge in [-0.05, 0) is 11.6 Å². The van der Waals surface area contributed by atoms with Crippen molar-refractivity contribution in [3.8, 4) is 6.07 Å². The number of aromatic nitrogens is 1. The molecule has 1 aromatic heterocycles. The molecule has 86 valence electrons. The smallest absolute Gasteiger partial charge is 0.342 e. The molecular weight excluding hydrogens is 224 g/mol. The Morgan fingerprint density at radius 1 is 1.59 bits per heavy atom. The Morgan fingerprint density at radius 3 is 3.00 bits per heavy atom. The quantitative estimate of drug-likeness (QED) is 0.817. The molecule has 0 saturated carbocycles. The van der Waals surface area contributed by atoms with Crippen molar-refractivity contribution in [3.05, 3.63) is 29.7 Å². The predicted octanol–water partition coefficient (Wildman–Crippen LogP) is 1.01. The number of carboxylic acids is 1. The van der Waals surface area contributed by atoms with Crippen LogP contribution in [0.1, 0.15) is 17.6 Å². The number of rotatable bonds is 3. The van der Waals surface area contributed by atoms with Crippen molar-refractivity contribution in [2.45, 2.75) is 12.5 Å². The van der Waals surface area contributed by atoms with E-state index in [0.717, 1.165) is 0 Å². The summed E-state index contributed by atoms with van der Waals surface area (Å²) in [4.78, 5) is 14.5. The Kier molecular flexibility index (Phi) is 2.77. The van der Waals surface area contributed by atoms with Crippen LogP contribution >= 0.6 is 0 Å². The molecule has 0 aliphatic rings. The molecule has 1 aromatic carbocycles. The molecule has 0 spiro atoms. The van der Waals surface area contributed by atoms with E-state index in [2.05, 4.69) is 4.98 Å². The Balaban J connectivity index is 2.54. The van der Waals surface area contributed by atoms with Gasteiger partial charge in [-0.15, -0.1) is 0 Å². The van der Waals surface area contributed by atoms with Gasteiger partial charge in [0.15, 0.2) is 5.58 Å². The fourth-order valence-corrected chi connectivity index (χ4v) is 1.47. The summed E-state index contributed by atoms with van der Waals surface area (Å²) in [5.74, 6) is -1.71. The highest BCUT2D eigenvalue weighted by Gasteiger charge is 2.23. The first-order chi connectivity index (χ1) is 8.13. The third-order valence-electron chi connectivity index (χ3n) is 2.26. The first kappa shape index (κ1) is 11.1. The van der Waals surface area contributed by atoms with Gasteiger partial charge in [-0.1, -0.05) is 12.1 Å². The maximum atomic E-state index is 10.6. The SMILES string of the molecule is N#CCc1cccc2oc(C(O)C(=O)O)nc12. The zero-order valence-corrected chi connectivity index (χ0v) is 8.62. The summed E-state index contributed by atoms with van der Waals surface area (Å²) in [6.45, 7) is 0. The van der Waals surface area contributed by atoms with Gasteiger partial charge in [0.2, 0.25) is 12.0 Å². The largest absolute Gasteiger partial charge is 0.479 e. The van der Waals surface area contributed by atoms with Gasteiger partial charge in [-0.25, -0.2) is 9.78 Å². The number of para-hydroxylation sites is 1. The topological polar surface area (TPSA) is 107 Å². The van der Waals surface area contributed by atoms with Gasteiger partial charge >= 0.3 is 5.97 Å². The highest BCUT2D eigenvalue weighted by molar-refractivity contribution is 5.79. The number of hydrogen-bond acceptors (Lipinski definition) is 5. The van der Waals surface area contributed by atoms with Crippen molar-refractivity contribution in [2.24, 2.45) is 0 Å². The summed E-state index contributed by atoms with van der Waals surface area (Å²) in [5, 5.41) is 26.6. The minimum absolute atomic E-state index is 0.145. The van der Waals surface area contributed by atoms with Gasteiger partial charge in [0.25, 0.3) is 0 Å². The van der Waals surface area contributed by atoms with E-state index in [9.17, 15) is 9.90 Å². The summed E-state index contributed by atoms with van der Waals surface area (Å²) >= 11 is 0. The number of carbonyl (C=O) groups is 1. The Morgan fingerprint density at radius 2 is 2.35 bits per heavy atom. The molecule has 0 amide bonds. The summed E-state index contributed by atoms with van der Waals surface area (Å²) < 4.78 is 5.13. The molecule has 0 radical (unpaired) electrons. The molecule has 1 heterocycles. The highest BCUT2D eigenvalue weighted by atomic mass is 16.4. The van der Waals surface area contributed by atoms with Gasteiger partial charge < -0.3 is 14.6 Å². The minimum Gasteiger partial charge on any atom is -0.479 e. The van der Waals surface area contributed by atoms with E-state index in [1.54, 1.807) is 18.2 Å². The maximum Gasteiger partial charge on any atom is 0.342 e. The van der Waals surface area contributed by atoms with Gasteiger partial charge in [-0.2, -0.15) is 5.26 Å². The fourth-order valence-electron chi connectivity index (χ4n) is 1.47. The summed E-state index contributed by atoms with van der Waals surface area (Å²) in [6, 6.07) is 6.95. The van der Waals surface area contributed by atoms with Crippen LogP contribution in [0, 0.1) is 11.3 Å². The molecule has 6 heteroatoms. The van der Waals surface area contributed by atoms with Crippen LogP contribution < -0.4 is 0 Å². The molecule has 0 fully saturated rings. The number of benzene rings is 1. The monoisotopic (exact) mass is 232 g/mol. The van der Waals surface area contributed by atoms with E-state index in [-0.39, 0.29) is 12.3 Å². The summed E-state index contributed by atoms with van der Waals surface area (Å²) in [7, 11) is 0. The maximum absolute atomic E-state index is 10.6. The molecule has 0 bridgehead atoms. The van der Waals surface area contributed by atoms with Crippen LogP contribution in [0.25, 0.3) is 11.1 Å². The number of aliphatic hydroxyl groups excluding tert-OH is 1. The number of oxazole rings is 1.